The van der Waals surface area contributed by atoms with Gasteiger partial charge in [0.1, 0.15) is 5.75 Å². The molecule has 2 aromatic rings. The molecule has 4 nitrogen and oxygen atoms in total. The van der Waals surface area contributed by atoms with E-state index in [1.54, 1.807) is 7.11 Å². The van der Waals surface area contributed by atoms with Gasteiger partial charge in [0.05, 0.1) is 19.0 Å². The highest BCUT2D eigenvalue weighted by Crippen LogP contribution is 2.41. The molecule has 0 amide bonds. The Labute approximate surface area is 118 Å². The fourth-order valence-corrected chi connectivity index (χ4v) is 3.46. The lowest BCUT2D eigenvalue weighted by Crippen LogP contribution is -2.14. The highest BCUT2D eigenvalue weighted by molar-refractivity contribution is 5.88. The van der Waals surface area contributed by atoms with Gasteiger partial charge < -0.3 is 14.4 Å². The molecule has 0 saturated carbocycles. The maximum atomic E-state index is 11.1. The lowest BCUT2D eigenvalue weighted by Gasteiger charge is -2.22. The van der Waals surface area contributed by atoms with E-state index in [9.17, 15) is 4.79 Å². The van der Waals surface area contributed by atoms with Gasteiger partial charge in [-0.1, -0.05) is 0 Å². The predicted molar refractivity (Wildman–Crippen MR) is 77.4 cm³/mol. The number of methoxy groups -OCH3 is 1. The molecule has 4 heteroatoms. The van der Waals surface area contributed by atoms with Crippen LogP contribution in [0.5, 0.6) is 5.75 Å². The van der Waals surface area contributed by atoms with Gasteiger partial charge in [0.25, 0.3) is 0 Å². The quantitative estimate of drug-likeness (QED) is 0.935. The molecule has 0 spiro atoms. The maximum Gasteiger partial charge on any atom is 0.303 e. The molecule has 0 radical (unpaired) electrons. The molecule has 1 heterocycles. The van der Waals surface area contributed by atoms with Crippen LogP contribution in [0.4, 0.5) is 0 Å². The summed E-state index contributed by atoms with van der Waals surface area (Å²) in [5.74, 6) is 0.256. The van der Waals surface area contributed by atoms with Crippen molar-refractivity contribution in [3.8, 4) is 5.75 Å². The Balaban J connectivity index is 2.19. The third kappa shape index (κ3) is 1.96. The Kier molecular flexibility index (Phi) is 3.16. The third-order valence-electron chi connectivity index (χ3n) is 4.37. The zero-order valence-corrected chi connectivity index (χ0v) is 11.8. The molecule has 0 fully saturated rings. The molecule has 0 bridgehead atoms. The number of carbonyl (C=O) groups is 1. The van der Waals surface area contributed by atoms with Gasteiger partial charge in [-0.25, -0.2) is 0 Å². The molecule has 1 aromatic heterocycles. The second-order valence-electron chi connectivity index (χ2n) is 5.49. The number of carboxylic acids is 1. The number of ether oxygens (including phenoxy) is 1. The number of hydrogen-bond donors (Lipinski definition) is 1. The van der Waals surface area contributed by atoms with Gasteiger partial charge >= 0.3 is 5.97 Å². The summed E-state index contributed by atoms with van der Waals surface area (Å²) in [7, 11) is 3.72. The molecule has 1 atom stereocenters. The van der Waals surface area contributed by atoms with Crippen LogP contribution in [0.2, 0.25) is 0 Å². The molecule has 1 aliphatic rings. The maximum absolute atomic E-state index is 11.1. The van der Waals surface area contributed by atoms with E-state index in [2.05, 4.69) is 17.7 Å². The SMILES string of the molecule is COc1ccc2c3c(n(C)c2c1)CCCC3CC(=O)O. The summed E-state index contributed by atoms with van der Waals surface area (Å²) in [6, 6.07) is 6.05. The highest BCUT2D eigenvalue weighted by atomic mass is 16.5. The smallest absolute Gasteiger partial charge is 0.303 e. The van der Waals surface area contributed by atoms with E-state index in [0.717, 1.165) is 30.5 Å². The van der Waals surface area contributed by atoms with Crippen LogP contribution in [0.1, 0.15) is 36.4 Å². The Morgan fingerprint density at radius 2 is 2.30 bits per heavy atom. The summed E-state index contributed by atoms with van der Waals surface area (Å²) >= 11 is 0. The molecular weight excluding hydrogens is 254 g/mol. The van der Waals surface area contributed by atoms with E-state index in [1.807, 2.05) is 12.1 Å². The van der Waals surface area contributed by atoms with Gasteiger partial charge in [0.15, 0.2) is 0 Å². The number of aryl methyl sites for hydroxylation is 1. The van der Waals surface area contributed by atoms with Crippen molar-refractivity contribution in [1.29, 1.82) is 0 Å². The monoisotopic (exact) mass is 273 g/mol. The van der Waals surface area contributed by atoms with Gasteiger partial charge in [-0.05, 0) is 42.9 Å². The van der Waals surface area contributed by atoms with Crippen molar-refractivity contribution < 1.29 is 14.6 Å². The average molecular weight is 273 g/mol. The number of hydrogen-bond acceptors (Lipinski definition) is 2. The standard InChI is InChI=1S/C16H19NO3/c1-17-13-5-3-4-10(8-15(18)19)16(13)12-7-6-11(20-2)9-14(12)17/h6-7,9-10H,3-5,8H2,1-2H3,(H,18,19). The average Bonchev–Trinajstić information content (AvgIpc) is 2.72. The van der Waals surface area contributed by atoms with Crippen molar-refractivity contribution in [2.24, 2.45) is 7.05 Å². The van der Waals surface area contributed by atoms with Crippen LogP contribution in [0.3, 0.4) is 0 Å². The Bertz CT molecular complexity index is 672. The largest absolute Gasteiger partial charge is 0.497 e. The topological polar surface area (TPSA) is 51.5 Å². The number of carboxylic acid groups (broad SMARTS) is 1. The lowest BCUT2D eigenvalue weighted by atomic mass is 9.83. The Hall–Kier alpha value is -1.97. The normalized spacial score (nSPS) is 18.0. The zero-order valence-electron chi connectivity index (χ0n) is 11.8. The summed E-state index contributed by atoms with van der Waals surface area (Å²) in [6.45, 7) is 0. The second kappa shape index (κ2) is 4.85. The van der Waals surface area contributed by atoms with Gasteiger partial charge in [-0.15, -0.1) is 0 Å². The first-order chi connectivity index (χ1) is 9.61. The first-order valence-electron chi connectivity index (χ1n) is 6.98. The number of aromatic nitrogens is 1. The van der Waals surface area contributed by atoms with Gasteiger partial charge in [0.2, 0.25) is 0 Å². The number of benzene rings is 1. The van der Waals surface area contributed by atoms with Gasteiger partial charge in [0, 0.05) is 24.2 Å². The van der Waals surface area contributed by atoms with E-state index in [0.29, 0.717) is 0 Å². The van der Waals surface area contributed by atoms with E-state index < -0.39 is 5.97 Å². The molecule has 1 aliphatic carbocycles. The minimum atomic E-state index is -0.714. The molecule has 3 rings (SSSR count). The molecule has 1 N–H and O–H groups in total. The van der Waals surface area contributed by atoms with Crippen LogP contribution in [0.25, 0.3) is 10.9 Å². The number of aliphatic carboxylic acids is 1. The molecule has 20 heavy (non-hydrogen) atoms. The van der Waals surface area contributed by atoms with Crippen molar-refractivity contribution in [2.45, 2.75) is 31.6 Å². The van der Waals surface area contributed by atoms with Crippen molar-refractivity contribution in [3.05, 3.63) is 29.5 Å². The van der Waals surface area contributed by atoms with E-state index in [-0.39, 0.29) is 12.3 Å². The fraction of sp³-hybridized carbons (Fsp3) is 0.438. The first kappa shape index (κ1) is 13.0. The van der Waals surface area contributed by atoms with Crippen molar-refractivity contribution >= 4 is 16.9 Å². The number of nitrogens with zero attached hydrogens (tertiary/aromatic N) is 1. The van der Waals surface area contributed by atoms with Gasteiger partial charge in [-0.2, -0.15) is 0 Å². The van der Waals surface area contributed by atoms with Crippen LogP contribution in [-0.4, -0.2) is 22.8 Å². The molecule has 106 valence electrons. The first-order valence-corrected chi connectivity index (χ1v) is 6.98. The zero-order chi connectivity index (χ0) is 14.3. The van der Waals surface area contributed by atoms with Crippen molar-refractivity contribution in [2.75, 3.05) is 7.11 Å². The van der Waals surface area contributed by atoms with E-state index >= 15 is 0 Å². The van der Waals surface area contributed by atoms with E-state index in [1.165, 1.54) is 16.6 Å². The summed E-state index contributed by atoms with van der Waals surface area (Å²) in [5.41, 5.74) is 3.65. The minimum Gasteiger partial charge on any atom is -0.497 e. The van der Waals surface area contributed by atoms with Crippen LogP contribution in [0, 0.1) is 0 Å². The van der Waals surface area contributed by atoms with Crippen LogP contribution in [-0.2, 0) is 18.3 Å². The van der Waals surface area contributed by atoms with Crippen LogP contribution >= 0.6 is 0 Å². The Morgan fingerprint density at radius 3 is 3.00 bits per heavy atom. The molecule has 1 aromatic carbocycles. The van der Waals surface area contributed by atoms with E-state index in [4.69, 9.17) is 9.84 Å². The number of rotatable bonds is 3. The summed E-state index contributed by atoms with van der Waals surface area (Å²) < 4.78 is 7.49. The predicted octanol–water partition coefficient (Wildman–Crippen LogP) is 3.08. The summed E-state index contributed by atoms with van der Waals surface area (Å²) in [4.78, 5) is 11.1. The minimum absolute atomic E-state index is 0.133. The number of fused-ring (bicyclic) bond motifs is 3. The van der Waals surface area contributed by atoms with Crippen LogP contribution in [0.15, 0.2) is 18.2 Å². The van der Waals surface area contributed by atoms with Gasteiger partial charge in [-0.3, -0.25) is 4.79 Å². The second-order valence-corrected chi connectivity index (χ2v) is 5.49. The highest BCUT2D eigenvalue weighted by Gasteiger charge is 2.28. The third-order valence-corrected chi connectivity index (χ3v) is 4.37. The Morgan fingerprint density at radius 1 is 1.50 bits per heavy atom. The molecule has 1 unspecified atom stereocenters. The lowest BCUT2D eigenvalue weighted by molar-refractivity contribution is -0.137. The molecule has 0 aliphatic heterocycles. The van der Waals surface area contributed by atoms with Crippen LogP contribution < -0.4 is 4.74 Å². The molecular formula is C16H19NO3. The molecule has 0 saturated heterocycles. The van der Waals surface area contributed by atoms with Crippen molar-refractivity contribution in [1.82, 2.24) is 4.57 Å². The summed E-state index contributed by atoms with van der Waals surface area (Å²) in [6.07, 6.45) is 3.27. The van der Waals surface area contributed by atoms with Crippen molar-refractivity contribution in [3.63, 3.8) is 0 Å². The summed E-state index contributed by atoms with van der Waals surface area (Å²) in [5, 5.41) is 10.3. The fourth-order valence-electron chi connectivity index (χ4n) is 3.46.